The normalized spacial score (nSPS) is 22.8. The summed E-state index contributed by atoms with van der Waals surface area (Å²) < 4.78 is 25.8. The molecule has 2 N–H and O–H groups in total. The van der Waals surface area contributed by atoms with Crippen molar-refractivity contribution in [3.8, 4) is 0 Å². The number of anilines is 1. The van der Waals surface area contributed by atoms with Crippen molar-refractivity contribution in [2.75, 3.05) is 44.8 Å². The number of carbonyl (C=O) groups is 1. The summed E-state index contributed by atoms with van der Waals surface area (Å²) in [5, 5.41) is 13.5. The Kier molecular flexibility index (Phi) is 8.14. The lowest BCUT2D eigenvalue weighted by molar-refractivity contribution is -0.143. The Hall–Kier alpha value is -2.55. The van der Waals surface area contributed by atoms with E-state index in [9.17, 15) is 14.3 Å². The van der Waals surface area contributed by atoms with E-state index in [1.165, 1.54) is 17.7 Å². The number of aromatic nitrogens is 1. The number of nitrogens with zero attached hydrogens (tertiary/aromatic N) is 2. The number of benzene rings is 1. The van der Waals surface area contributed by atoms with Gasteiger partial charge in [-0.3, -0.25) is 9.69 Å². The number of likely N-dealkylation sites (tertiary alicyclic amines) is 1. The number of ether oxygens (including phenoxy) is 2. The van der Waals surface area contributed by atoms with Gasteiger partial charge in [-0.05, 0) is 79.8 Å². The van der Waals surface area contributed by atoms with Crippen LogP contribution < -0.4 is 5.32 Å². The van der Waals surface area contributed by atoms with Crippen molar-refractivity contribution in [1.29, 1.82) is 0 Å². The SMILES string of the molecule is O=C(O)C(c1cc(F)ccc1C1CCOC1)N1CCC(OCCCCc2ccc3c(n2)NCCC3)C1. The quantitative estimate of drug-likeness (QED) is 0.473. The summed E-state index contributed by atoms with van der Waals surface area (Å²) >= 11 is 0. The zero-order valence-electron chi connectivity index (χ0n) is 20.8. The summed E-state index contributed by atoms with van der Waals surface area (Å²) in [7, 11) is 0. The van der Waals surface area contributed by atoms with Crippen molar-refractivity contribution in [2.24, 2.45) is 0 Å². The van der Waals surface area contributed by atoms with Crippen molar-refractivity contribution >= 4 is 11.8 Å². The van der Waals surface area contributed by atoms with Crippen LogP contribution in [0.3, 0.4) is 0 Å². The first-order chi connectivity index (χ1) is 17.6. The van der Waals surface area contributed by atoms with Crippen LogP contribution in [-0.4, -0.2) is 66.5 Å². The van der Waals surface area contributed by atoms with Gasteiger partial charge in [0.25, 0.3) is 0 Å². The second kappa shape index (κ2) is 11.7. The number of hydrogen-bond acceptors (Lipinski definition) is 6. The number of nitrogens with one attached hydrogen (secondary N) is 1. The molecule has 0 aliphatic carbocycles. The smallest absolute Gasteiger partial charge is 0.325 e. The average molecular weight is 498 g/mol. The largest absolute Gasteiger partial charge is 0.480 e. The van der Waals surface area contributed by atoms with Crippen molar-refractivity contribution in [3.05, 3.63) is 58.5 Å². The van der Waals surface area contributed by atoms with Crippen LogP contribution in [-0.2, 0) is 27.1 Å². The molecular weight excluding hydrogens is 461 g/mol. The minimum atomic E-state index is -0.951. The van der Waals surface area contributed by atoms with Gasteiger partial charge in [0.2, 0.25) is 0 Å². The molecule has 4 heterocycles. The lowest BCUT2D eigenvalue weighted by Gasteiger charge is -2.27. The fourth-order valence-electron chi connectivity index (χ4n) is 5.71. The molecule has 0 amide bonds. The van der Waals surface area contributed by atoms with Crippen LogP contribution in [0.15, 0.2) is 30.3 Å². The monoisotopic (exact) mass is 497 g/mol. The highest BCUT2D eigenvalue weighted by Crippen LogP contribution is 2.36. The van der Waals surface area contributed by atoms with Crippen LogP contribution in [0.2, 0.25) is 0 Å². The lowest BCUT2D eigenvalue weighted by Crippen LogP contribution is -2.34. The second-order valence-corrected chi connectivity index (χ2v) is 10.1. The molecule has 3 aliphatic heterocycles. The van der Waals surface area contributed by atoms with Crippen molar-refractivity contribution in [2.45, 2.75) is 63.0 Å². The maximum Gasteiger partial charge on any atom is 0.325 e. The maximum atomic E-state index is 14.2. The van der Waals surface area contributed by atoms with Crippen LogP contribution in [0.5, 0.6) is 0 Å². The zero-order valence-corrected chi connectivity index (χ0v) is 20.8. The number of aryl methyl sites for hydroxylation is 2. The summed E-state index contributed by atoms with van der Waals surface area (Å²) in [6, 6.07) is 7.99. The molecule has 0 radical (unpaired) electrons. The molecule has 1 aromatic carbocycles. The summed E-state index contributed by atoms with van der Waals surface area (Å²) in [6.07, 6.45) is 6.70. The molecule has 7 nitrogen and oxygen atoms in total. The van der Waals surface area contributed by atoms with E-state index in [-0.39, 0.29) is 12.0 Å². The third kappa shape index (κ3) is 5.88. The minimum Gasteiger partial charge on any atom is -0.480 e. The van der Waals surface area contributed by atoms with Crippen LogP contribution in [0.25, 0.3) is 0 Å². The molecule has 0 spiro atoms. The molecule has 36 heavy (non-hydrogen) atoms. The number of pyridine rings is 1. The molecule has 194 valence electrons. The van der Waals surface area contributed by atoms with E-state index in [0.29, 0.717) is 38.5 Å². The highest BCUT2D eigenvalue weighted by atomic mass is 19.1. The van der Waals surface area contributed by atoms with E-state index in [1.54, 1.807) is 6.07 Å². The highest BCUT2D eigenvalue weighted by molar-refractivity contribution is 5.76. The maximum absolute atomic E-state index is 14.2. The van der Waals surface area contributed by atoms with E-state index in [2.05, 4.69) is 17.4 Å². The Morgan fingerprint density at radius 2 is 2.19 bits per heavy atom. The lowest BCUT2D eigenvalue weighted by atomic mass is 9.89. The van der Waals surface area contributed by atoms with E-state index < -0.39 is 17.8 Å². The van der Waals surface area contributed by atoms with Crippen LogP contribution in [0.1, 0.15) is 66.4 Å². The number of halogens is 1. The first-order valence-corrected chi connectivity index (χ1v) is 13.3. The Balaban J connectivity index is 1.12. The van der Waals surface area contributed by atoms with Crippen LogP contribution in [0, 0.1) is 5.82 Å². The summed E-state index contributed by atoms with van der Waals surface area (Å²) in [5.74, 6) is -0.211. The van der Waals surface area contributed by atoms with Gasteiger partial charge in [-0.2, -0.15) is 0 Å². The zero-order chi connectivity index (χ0) is 24.9. The fraction of sp³-hybridized carbons (Fsp3) is 0.571. The molecule has 5 rings (SSSR count). The van der Waals surface area contributed by atoms with Gasteiger partial charge in [0.1, 0.15) is 17.7 Å². The van der Waals surface area contributed by atoms with Gasteiger partial charge in [-0.25, -0.2) is 9.37 Å². The minimum absolute atomic E-state index is 0.00950. The van der Waals surface area contributed by atoms with Gasteiger partial charge in [-0.15, -0.1) is 0 Å². The number of carboxylic acids is 1. The second-order valence-electron chi connectivity index (χ2n) is 10.1. The Morgan fingerprint density at radius 1 is 1.28 bits per heavy atom. The molecule has 0 bridgehead atoms. The molecule has 3 atom stereocenters. The number of hydrogen-bond donors (Lipinski definition) is 2. The van der Waals surface area contributed by atoms with Gasteiger partial charge in [0.05, 0.1) is 12.7 Å². The molecule has 3 aliphatic rings. The predicted molar refractivity (Wildman–Crippen MR) is 135 cm³/mol. The highest BCUT2D eigenvalue weighted by Gasteiger charge is 2.36. The molecule has 2 saturated heterocycles. The van der Waals surface area contributed by atoms with Gasteiger partial charge < -0.3 is 19.9 Å². The van der Waals surface area contributed by atoms with Crippen molar-refractivity contribution in [1.82, 2.24) is 9.88 Å². The molecular formula is C28H36FN3O4. The Bertz CT molecular complexity index is 1060. The van der Waals surface area contributed by atoms with Crippen LogP contribution >= 0.6 is 0 Å². The van der Waals surface area contributed by atoms with Crippen molar-refractivity contribution in [3.63, 3.8) is 0 Å². The number of carboxylic acid groups (broad SMARTS) is 1. The van der Waals surface area contributed by atoms with Crippen LogP contribution in [0.4, 0.5) is 10.2 Å². The van der Waals surface area contributed by atoms with Crippen molar-refractivity contribution < 1.29 is 23.8 Å². The summed E-state index contributed by atoms with van der Waals surface area (Å²) in [6.45, 7) is 3.99. The van der Waals surface area contributed by atoms with E-state index in [0.717, 1.165) is 68.6 Å². The van der Waals surface area contributed by atoms with Gasteiger partial charge in [-0.1, -0.05) is 12.1 Å². The van der Waals surface area contributed by atoms with Gasteiger partial charge in [0, 0.05) is 44.5 Å². The van der Waals surface area contributed by atoms with Gasteiger partial charge in [0.15, 0.2) is 0 Å². The number of fused-ring (bicyclic) bond motifs is 1. The molecule has 0 saturated carbocycles. The topological polar surface area (TPSA) is 83.9 Å². The third-order valence-corrected chi connectivity index (χ3v) is 7.62. The Morgan fingerprint density at radius 3 is 3.03 bits per heavy atom. The number of rotatable bonds is 10. The standard InChI is InChI=1S/C28H36FN3O4/c29-21-7-9-24(20-11-15-35-18-20)25(16-21)26(28(33)34)32-13-10-23(17-32)36-14-2-1-5-22-8-6-19-4-3-12-30-27(19)31-22/h6-9,16,20,23,26H,1-5,10-15,17-18H2,(H,30,31)(H,33,34). The van der Waals surface area contributed by atoms with Gasteiger partial charge >= 0.3 is 5.97 Å². The first kappa shape index (κ1) is 25.1. The molecule has 3 unspecified atom stereocenters. The average Bonchev–Trinajstić information content (AvgIpc) is 3.57. The third-order valence-electron chi connectivity index (χ3n) is 7.62. The molecule has 8 heteroatoms. The summed E-state index contributed by atoms with van der Waals surface area (Å²) in [4.78, 5) is 19.0. The summed E-state index contributed by atoms with van der Waals surface area (Å²) in [5.41, 5.74) is 3.85. The molecule has 2 aromatic rings. The van der Waals surface area contributed by atoms with E-state index in [4.69, 9.17) is 14.5 Å². The molecule has 1 aromatic heterocycles. The number of unbranched alkanes of at least 4 members (excludes halogenated alkanes) is 1. The fourth-order valence-corrected chi connectivity index (χ4v) is 5.71. The number of aliphatic carboxylic acids is 1. The predicted octanol–water partition coefficient (Wildman–Crippen LogP) is 4.32. The van der Waals surface area contributed by atoms with E-state index in [1.807, 2.05) is 4.90 Å². The molecule has 2 fully saturated rings. The first-order valence-electron chi connectivity index (χ1n) is 13.3. The van der Waals surface area contributed by atoms with E-state index >= 15 is 0 Å². The Labute approximate surface area is 212 Å².